The van der Waals surface area contributed by atoms with E-state index in [1.54, 1.807) is 24.3 Å². The molecule has 0 aliphatic rings. The Morgan fingerprint density at radius 1 is 1.04 bits per heavy atom. The predicted octanol–water partition coefficient (Wildman–Crippen LogP) is 3.94. The minimum atomic E-state index is -1.29. The van der Waals surface area contributed by atoms with E-state index in [1.165, 1.54) is 30.3 Å². The van der Waals surface area contributed by atoms with Crippen LogP contribution >= 0.6 is 0 Å². The van der Waals surface area contributed by atoms with Gasteiger partial charge < -0.3 is 14.9 Å². The Morgan fingerprint density at radius 2 is 1.67 bits per heavy atom. The van der Waals surface area contributed by atoms with Crippen LogP contribution in [0.25, 0.3) is 10.8 Å². The number of carboxylic acid groups (broad SMARTS) is 1. The molecule has 7 heteroatoms. The first kappa shape index (κ1) is 15.3. The summed E-state index contributed by atoms with van der Waals surface area (Å²) < 4.78 is 5.68. The SMILES string of the molecule is O=C(O)c1cc(Oc2ccc([N+](=O)[O-])cc2)c2ccccc2c1O. The Hall–Kier alpha value is -3.61. The zero-order chi connectivity index (χ0) is 17.3. The molecule has 0 radical (unpaired) electrons. The highest BCUT2D eigenvalue weighted by Crippen LogP contribution is 2.38. The number of nitro groups is 1. The fourth-order valence-corrected chi connectivity index (χ4v) is 2.34. The van der Waals surface area contributed by atoms with Crippen LogP contribution in [-0.2, 0) is 0 Å². The van der Waals surface area contributed by atoms with Gasteiger partial charge in [0.2, 0.25) is 0 Å². The van der Waals surface area contributed by atoms with Crippen molar-refractivity contribution in [2.45, 2.75) is 0 Å². The van der Waals surface area contributed by atoms with Crippen LogP contribution in [0, 0.1) is 10.1 Å². The molecule has 3 rings (SSSR count). The minimum Gasteiger partial charge on any atom is -0.506 e. The molecular weight excluding hydrogens is 314 g/mol. The smallest absolute Gasteiger partial charge is 0.339 e. The second-order valence-electron chi connectivity index (χ2n) is 4.97. The average molecular weight is 325 g/mol. The van der Waals surface area contributed by atoms with Gasteiger partial charge in [0.05, 0.1) is 4.92 Å². The van der Waals surface area contributed by atoms with Crippen molar-refractivity contribution in [1.82, 2.24) is 0 Å². The molecule has 0 saturated heterocycles. The molecule has 2 N–H and O–H groups in total. The van der Waals surface area contributed by atoms with Gasteiger partial charge in [0.1, 0.15) is 22.8 Å². The molecule has 0 unspecified atom stereocenters. The second kappa shape index (κ2) is 5.88. The first-order chi connectivity index (χ1) is 11.5. The molecule has 3 aromatic rings. The van der Waals surface area contributed by atoms with E-state index in [-0.39, 0.29) is 22.7 Å². The molecule has 0 atom stereocenters. The van der Waals surface area contributed by atoms with E-state index in [0.29, 0.717) is 16.5 Å². The summed E-state index contributed by atoms with van der Waals surface area (Å²) in [6, 6.07) is 13.3. The fourth-order valence-electron chi connectivity index (χ4n) is 2.34. The van der Waals surface area contributed by atoms with Gasteiger partial charge in [0.15, 0.2) is 0 Å². The second-order valence-corrected chi connectivity index (χ2v) is 4.97. The van der Waals surface area contributed by atoms with Gasteiger partial charge >= 0.3 is 5.97 Å². The van der Waals surface area contributed by atoms with Crippen molar-refractivity contribution in [2.24, 2.45) is 0 Å². The van der Waals surface area contributed by atoms with Crippen LogP contribution in [0.2, 0.25) is 0 Å². The number of benzene rings is 3. The number of aromatic hydroxyl groups is 1. The van der Waals surface area contributed by atoms with Gasteiger partial charge in [-0.25, -0.2) is 4.79 Å². The monoisotopic (exact) mass is 325 g/mol. The summed E-state index contributed by atoms with van der Waals surface area (Å²) in [5.41, 5.74) is -0.366. The van der Waals surface area contributed by atoms with Gasteiger partial charge in [0, 0.05) is 22.9 Å². The van der Waals surface area contributed by atoms with E-state index in [4.69, 9.17) is 4.74 Å². The number of aromatic carboxylic acids is 1. The summed E-state index contributed by atoms with van der Waals surface area (Å²) >= 11 is 0. The number of ether oxygens (including phenoxy) is 1. The van der Waals surface area contributed by atoms with Crippen molar-refractivity contribution < 1.29 is 24.7 Å². The third-order valence-electron chi connectivity index (χ3n) is 3.48. The van der Waals surface area contributed by atoms with E-state index in [9.17, 15) is 25.1 Å². The Morgan fingerprint density at radius 3 is 2.25 bits per heavy atom. The topological polar surface area (TPSA) is 110 Å². The van der Waals surface area contributed by atoms with Gasteiger partial charge in [-0.05, 0) is 18.2 Å². The van der Waals surface area contributed by atoms with Crippen LogP contribution in [0.3, 0.4) is 0 Å². The van der Waals surface area contributed by atoms with Crippen LogP contribution in [0.1, 0.15) is 10.4 Å². The third-order valence-corrected chi connectivity index (χ3v) is 3.48. The van der Waals surface area contributed by atoms with Crippen LogP contribution in [-0.4, -0.2) is 21.1 Å². The highest BCUT2D eigenvalue weighted by molar-refractivity contribution is 6.03. The maximum absolute atomic E-state index is 11.3. The first-order valence-corrected chi connectivity index (χ1v) is 6.87. The summed E-state index contributed by atoms with van der Waals surface area (Å²) in [4.78, 5) is 21.4. The molecule has 24 heavy (non-hydrogen) atoms. The summed E-state index contributed by atoms with van der Waals surface area (Å²) in [6.45, 7) is 0. The molecule has 0 fully saturated rings. The number of carbonyl (C=O) groups is 1. The summed E-state index contributed by atoms with van der Waals surface area (Å²) in [5, 5.41) is 30.9. The number of fused-ring (bicyclic) bond motifs is 1. The molecule has 0 aliphatic heterocycles. The quantitative estimate of drug-likeness (QED) is 0.555. The lowest BCUT2D eigenvalue weighted by Crippen LogP contribution is -1.99. The predicted molar refractivity (Wildman–Crippen MR) is 85.7 cm³/mol. The Kier molecular flexibility index (Phi) is 3.75. The molecule has 3 aromatic carbocycles. The highest BCUT2D eigenvalue weighted by Gasteiger charge is 2.17. The van der Waals surface area contributed by atoms with E-state index >= 15 is 0 Å². The van der Waals surface area contributed by atoms with Crippen LogP contribution < -0.4 is 4.74 Å². The van der Waals surface area contributed by atoms with Gasteiger partial charge in [-0.15, -0.1) is 0 Å². The minimum absolute atomic E-state index is 0.0795. The van der Waals surface area contributed by atoms with E-state index in [2.05, 4.69) is 0 Å². The Labute approximate surface area is 135 Å². The number of hydrogen-bond donors (Lipinski definition) is 2. The maximum atomic E-state index is 11.3. The molecule has 0 heterocycles. The normalized spacial score (nSPS) is 10.5. The van der Waals surface area contributed by atoms with Crippen molar-refractivity contribution >= 4 is 22.4 Å². The zero-order valence-electron chi connectivity index (χ0n) is 12.2. The molecule has 0 saturated carbocycles. The average Bonchev–Trinajstić information content (AvgIpc) is 2.57. The van der Waals surface area contributed by atoms with Crippen molar-refractivity contribution in [3.8, 4) is 17.2 Å². The molecule has 0 bridgehead atoms. The number of nitro benzene ring substituents is 1. The van der Waals surface area contributed by atoms with Crippen molar-refractivity contribution in [1.29, 1.82) is 0 Å². The number of non-ortho nitro benzene ring substituents is 1. The summed E-state index contributed by atoms with van der Waals surface area (Å²) in [5.74, 6) is -1.08. The van der Waals surface area contributed by atoms with Gasteiger partial charge in [0.25, 0.3) is 5.69 Å². The van der Waals surface area contributed by atoms with Gasteiger partial charge in [-0.3, -0.25) is 10.1 Å². The fraction of sp³-hybridized carbons (Fsp3) is 0. The van der Waals surface area contributed by atoms with Gasteiger partial charge in [-0.2, -0.15) is 0 Å². The molecule has 120 valence electrons. The lowest BCUT2D eigenvalue weighted by molar-refractivity contribution is -0.384. The van der Waals surface area contributed by atoms with Crippen molar-refractivity contribution in [3.05, 3.63) is 70.3 Å². The molecule has 7 nitrogen and oxygen atoms in total. The maximum Gasteiger partial charge on any atom is 0.339 e. The number of phenols is 1. The van der Waals surface area contributed by atoms with Crippen LogP contribution in [0.5, 0.6) is 17.2 Å². The van der Waals surface area contributed by atoms with Crippen LogP contribution in [0.4, 0.5) is 5.69 Å². The van der Waals surface area contributed by atoms with E-state index < -0.39 is 10.9 Å². The number of nitrogens with zero attached hydrogens (tertiary/aromatic N) is 1. The summed E-state index contributed by atoms with van der Waals surface area (Å²) in [7, 11) is 0. The number of hydrogen-bond acceptors (Lipinski definition) is 5. The first-order valence-electron chi connectivity index (χ1n) is 6.87. The lowest BCUT2D eigenvalue weighted by atomic mass is 10.0. The number of rotatable bonds is 4. The van der Waals surface area contributed by atoms with Crippen molar-refractivity contribution in [3.63, 3.8) is 0 Å². The number of carboxylic acids is 1. The standard InChI is InChI=1S/C17H11NO6/c19-16-13-4-2-1-3-12(13)15(9-14(16)17(20)21)24-11-7-5-10(6-8-11)18(22)23/h1-9,19H,(H,20,21). The lowest BCUT2D eigenvalue weighted by Gasteiger charge is -2.12. The zero-order valence-corrected chi connectivity index (χ0v) is 12.2. The van der Waals surface area contributed by atoms with E-state index in [0.717, 1.165) is 0 Å². The molecule has 0 amide bonds. The third kappa shape index (κ3) is 2.70. The highest BCUT2D eigenvalue weighted by atomic mass is 16.6. The Bertz CT molecular complexity index is 949. The van der Waals surface area contributed by atoms with Crippen LogP contribution in [0.15, 0.2) is 54.6 Å². The van der Waals surface area contributed by atoms with Gasteiger partial charge in [-0.1, -0.05) is 24.3 Å². The van der Waals surface area contributed by atoms with E-state index in [1.807, 2.05) is 0 Å². The molecule has 0 aliphatic carbocycles. The Balaban J connectivity index is 2.10. The molecule has 0 aromatic heterocycles. The summed E-state index contributed by atoms with van der Waals surface area (Å²) in [6.07, 6.45) is 0. The molecule has 0 spiro atoms. The largest absolute Gasteiger partial charge is 0.506 e. The van der Waals surface area contributed by atoms with Crippen molar-refractivity contribution in [2.75, 3.05) is 0 Å². The molecular formula is C17H11NO6.